The molecule has 0 bridgehead atoms. The van der Waals surface area contributed by atoms with Crippen LogP contribution in [0.5, 0.6) is 5.75 Å². The van der Waals surface area contributed by atoms with Crippen molar-refractivity contribution in [3.8, 4) is 16.9 Å². The molecule has 0 unspecified atom stereocenters. The Balaban J connectivity index is 1.14. The Kier molecular flexibility index (Phi) is 9.44. The van der Waals surface area contributed by atoms with Gasteiger partial charge in [-0.15, -0.1) is 0 Å². The average Bonchev–Trinajstić information content (AvgIpc) is 3.33. The number of amides is 1. The van der Waals surface area contributed by atoms with E-state index in [2.05, 4.69) is 27.2 Å². The zero-order valence-corrected chi connectivity index (χ0v) is 27.8. The zero-order chi connectivity index (χ0) is 33.2. The second-order valence-corrected chi connectivity index (χ2v) is 14.2. The molecule has 4 N–H and O–H groups in total. The van der Waals surface area contributed by atoms with Gasteiger partial charge in [0.05, 0.1) is 10.9 Å². The number of sulfonamides is 1. The molecule has 3 aromatic carbocycles. The second kappa shape index (κ2) is 13.2. The fraction of sp³-hybridized carbons (Fsp3) is 0.400. The number of ether oxygens (including phenoxy) is 2. The van der Waals surface area contributed by atoms with Crippen LogP contribution in [0.4, 0.5) is 4.79 Å². The third-order valence-electron chi connectivity index (χ3n) is 8.94. The molecule has 1 amide bonds. The summed E-state index contributed by atoms with van der Waals surface area (Å²) < 4.78 is 41.0. The lowest BCUT2D eigenvalue weighted by Crippen LogP contribution is -2.39. The van der Waals surface area contributed by atoms with Gasteiger partial charge in [0.25, 0.3) is 10.0 Å². The fourth-order valence-electron chi connectivity index (χ4n) is 6.45. The van der Waals surface area contributed by atoms with E-state index in [9.17, 15) is 18.0 Å². The van der Waals surface area contributed by atoms with E-state index < -0.39 is 22.2 Å². The lowest BCUT2D eigenvalue weighted by Gasteiger charge is -2.35. The Morgan fingerprint density at radius 2 is 1.70 bits per heavy atom. The van der Waals surface area contributed by atoms with Crippen molar-refractivity contribution in [2.75, 3.05) is 13.2 Å². The molecular weight excluding hydrogens is 604 g/mol. The Bertz CT molecular complexity index is 1760. The minimum absolute atomic E-state index is 0.0906. The highest BCUT2D eigenvalue weighted by Gasteiger charge is 2.34. The normalized spacial score (nSPS) is 16.0. The van der Waals surface area contributed by atoms with E-state index in [1.807, 2.05) is 57.2 Å². The number of carbonyl (C=O) groups excluding carboxylic acids is 2. The molecule has 10 nitrogen and oxygen atoms in total. The van der Waals surface area contributed by atoms with Crippen LogP contribution < -0.4 is 20.5 Å². The molecule has 11 heteroatoms. The summed E-state index contributed by atoms with van der Waals surface area (Å²) in [6.45, 7) is 9.76. The van der Waals surface area contributed by atoms with Gasteiger partial charge in [-0.1, -0.05) is 48.5 Å². The summed E-state index contributed by atoms with van der Waals surface area (Å²) in [4.78, 5) is 28.6. The van der Waals surface area contributed by atoms with Gasteiger partial charge >= 0.3 is 6.09 Å². The van der Waals surface area contributed by atoms with Gasteiger partial charge in [0, 0.05) is 12.5 Å². The Morgan fingerprint density at radius 3 is 2.33 bits per heavy atom. The highest BCUT2D eigenvalue weighted by atomic mass is 32.2. The molecule has 0 saturated heterocycles. The van der Waals surface area contributed by atoms with Crippen LogP contribution in [0.25, 0.3) is 11.1 Å². The second-order valence-electron chi connectivity index (χ2n) is 12.6. The molecule has 2 aliphatic rings. The van der Waals surface area contributed by atoms with E-state index in [0.717, 1.165) is 45.6 Å². The predicted molar refractivity (Wildman–Crippen MR) is 178 cm³/mol. The number of guanidine groups is 1. The summed E-state index contributed by atoms with van der Waals surface area (Å²) in [5.74, 6) is 0.411. The summed E-state index contributed by atoms with van der Waals surface area (Å²) >= 11 is 0. The highest BCUT2D eigenvalue weighted by molar-refractivity contribution is 7.90. The van der Waals surface area contributed by atoms with Crippen molar-refractivity contribution in [2.24, 2.45) is 10.7 Å². The van der Waals surface area contributed by atoms with Crippen molar-refractivity contribution in [1.82, 2.24) is 10.0 Å². The molecule has 1 aliphatic heterocycles. The maximum atomic E-state index is 13.4. The number of carbonyl (C=O) groups is 2. The van der Waals surface area contributed by atoms with Crippen molar-refractivity contribution < 1.29 is 27.5 Å². The summed E-state index contributed by atoms with van der Waals surface area (Å²) in [5.41, 5.74) is 13.0. The Hall–Kier alpha value is -4.38. The minimum Gasteiger partial charge on any atom is -0.487 e. The first-order chi connectivity index (χ1) is 21.8. The number of benzene rings is 3. The molecule has 1 aliphatic carbocycles. The number of alkyl carbamates (subject to hydrolysis) is 1. The molecule has 3 aromatic rings. The molecule has 0 spiro atoms. The smallest absolute Gasteiger partial charge is 0.407 e. The van der Waals surface area contributed by atoms with Gasteiger partial charge in [0.2, 0.25) is 5.96 Å². The van der Waals surface area contributed by atoms with E-state index in [1.54, 1.807) is 13.8 Å². The van der Waals surface area contributed by atoms with Crippen LogP contribution in [-0.2, 0) is 26.0 Å². The van der Waals surface area contributed by atoms with Crippen molar-refractivity contribution in [2.45, 2.75) is 82.8 Å². The molecular formula is C35H42N4O6S. The number of fused-ring (bicyclic) bond motifs is 4. The average molecular weight is 647 g/mol. The fourth-order valence-corrected chi connectivity index (χ4v) is 7.97. The van der Waals surface area contributed by atoms with Crippen LogP contribution >= 0.6 is 0 Å². The highest BCUT2D eigenvalue weighted by Crippen LogP contribution is 2.45. The van der Waals surface area contributed by atoms with Crippen molar-refractivity contribution in [3.05, 3.63) is 81.9 Å². The van der Waals surface area contributed by atoms with Gasteiger partial charge in [-0.3, -0.25) is 4.99 Å². The Labute approximate surface area is 270 Å². The molecule has 0 aromatic heterocycles. The molecule has 1 atom stereocenters. The summed E-state index contributed by atoms with van der Waals surface area (Å²) in [5, 5.41) is 2.60. The lowest BCUT2D eigenvalue weighted by atomic mass is 9.88. The van der Waals surface area contributed by atoms with Gasteiger partial charge in [0.1, 0.15) is 24.2 Å². The topological polar surface area (TPSA) is 149 Å². The first-order valence-corrected chi connectivity index (χ1v) is 17.0. The molecule has 46 heavy (non-hydrogen) atoms. The van der Waals surface area contributed by atoms with E-state index in [4.69, 9.17) is 15.2 Å². The molecule has 0 radical (unpaired) electrons. The number of hydrogen-bond donors (Lipinski definition) is 3. The molecule has 5 rings (SSSR count). The van der Waals surface area contributed by atoms with E-state index in [-0.39, 0.29) is 41.9 Å². The zero-order valence-electron chi connectivity index (χ0n) is 27.0. The number of nitrogens with two attached hydrogens (primary N) is 1. The summed E-state index contributed by atoms with van der Waals surface area (Å²) in [7, 11) is -4.02. The van der Waals surface area contributed by atoms with Crippen LogP contribution in [0.2, 0.25) is 0 Å². The number of nitrogens with zero attached hydrogens (tertiary/aromatic N) is 1. The van der Waals surface area contributed by atoms with Crippen molar-refractivity contribution in [3.63, 3.8) is 0 Å². The van der Waals surface area contributed by atoms with Gasteiger partial charge in [-0.2, -0.15) is 0 Å². The molecule has 244 valence electrons. The van der Waals surface area contributed by atoms with Crippen LogP contribution in [-0.4, -0.2) is 51.6 Å². The van der Waals surface area contributed by atoms with Crippen molar-refractivity contribution >= 4 is 28.4 Å². The molecule has 0 fully saturated rings. The van der Waals surface area contributed by atoms with Gasteiger partial charge in [-0.25, -0.2) is 17.9 Å². The first kappa shape index (κ1) is 33.0. The maximum Gasteiger partial charge on any atom is 0.407 e. The van der Waals surface area contributed by atoms with Gasteiger partial charge in [0.15, 0.2) is 0 Å². The number of rotatable bonds is 10. The van der Waals surface area contributed by atoms with Crippen LogP contribution in [0.1, 0.15) is 72.4 Å². The predicted octanol–water partition coefficient (Wildman–Crippen LogP) is 5.19. The van der Waals surface area contributed by atoms with Crippen LogP contribution in [0, 0.1) is 20.8 Å². The SMILES string of the molecule is Cc1c(C)c(S(=O)(=O)NC(N)=NCCC[C@H](C=O)NC(=O)OCC2c3ccccc3-c3ccccc32)c(C)c2c1OC(C)(C)CC2. The van der Waals surface area contributed by atoms with Crippen LogP contribution in [0.3, 0.4) is 0 Å². The number of hydrogen-bond acceptors (Lipinski definition) is 7. The Morgan fingerprint density at radius 1 is 1.07 bits per heavy atom. The number of aldehydes is 1. The van der Waals surface area contributed by atoms with Gasteiger partial charge < -0.3 is 25.3 Å². The monoisotopic (exact) mass is 646 g/mol. The van der Waals surface area contributed by atoms with E-state index in [0.29, 0.717) is 30.3 Å². The summed E-state index contributed by atoms with van der Waals surface area (Å²) in [6.07, 6.45) is 2.09. The third-order valence-corrected chi connectivity index (χ3v) is 10.6. The summed E-state index contributed by atoms with van der Waals surface area (Å²) in [6, 6.07) is 15.3. The standard InChI is InChI=1S/C35H42N4O6S/c1-21-22(2)32(23(3)25-16-17-35(4,5)45-31(21)25)46(42,43)39-33(36)37-18-10-11-24(19-40)38-34(41)44-20-30-28-14-8-6-12-26(28)27-13-7-9-15-29(27)30/h6-9,12-15,19,24,30H,10-11,16-18,20H2,1-5H3,(H,38,41)(H3,36,37,39)/t24-/m1/s1. The third kappa shape index (κ3) is 6.74. The van der Waals surface area contributed by atoms with Crippen LogP contribution in [0.15, 0.2) is 58.4 Å². The lowest BCUT2D eigenvalue weighted by molar-refractivity contribution is -0.109. The molecule has 1 heterocycles. The first-order valence-electron chi connectivity index (χ1n) is 15.5. The van der Waals surface area contributed by atoms with E-state index in [1.165, 1.54) is 0 Å². The quantitative estimate of drug-likeness (QED) is 0.119. The number of nitrogens with one attached hydrogen (secondary N) is 2. The van der Waals surface area contributed by atoms with E-state index >= 15 is 0 Å². The van der Waals surface area contributed by atoms with Gasteiger partial charge in [-0.05, 0) is 105 Å². The largest absolute Gasteiger partial charge is 0.487 e. The molecule has 0 saturated carbocycles. The minimum atomic E-state index is -4.02. The number of aliphatic imine (C=N–C) groups is 1. The van der Waals surface area contributed by atoms with Crippen molar-refractivity contribution in [1.29, 1.82) is 0 Å². The maximum absolute atomic E-state index is 13.4.